The number of hydrogen-bond acceptors (Lipinski definition) is 1. The van der Waals surface area contributed by atoms with E-state index in [1.807, 2.05) is 0 Å². The van der Waals surface area contributed by atoms with Crippen LogP contribution in [0, 0.1) is 0 Å². The summed E-state index contributed by atoms with van der Waals surface area (Å²) < 4.78 is 12.6. The van der Waals surface area contributed by atoms with E-state index in [4.69, 9.17) is 5.11 Å². The lowest BCUT2D eigenvalue weighted by atomic mass is 10.1. The van der Waals surface area contributed by atoms with Crippen LogP contribution in [0.25, 0.3) is 0 Å². The number of rotatable bonds is 2. The van der Waals surface area contributed by atoms with Crippen molar-refractivity contribution in [2.24, 2.45) is 0 Å². The Morgan fingerprint density at radius 2 is 2.11 bits per heavy atom. The van der Waals surface area contributed by atoms with Crippen LogP contribution in [0.1, 0.15) is 13.8 Å². The molecule has 0 aliphatic heterocycles. The van der Waals surface area contributed by atoms with Crippen molar-refractivity contribution in [2.75, 3.05) is 0 Å². The molecule has 0 fully saturated rings. The average Bonchev–Trinajstić information content (AvgIpc) is 1.62. The fourth-order valence-electron chi connectivity index (χ4n) is 0.294. The standard InChI is InChI=1S/C5H8BrFO2/c1-5(2,7)3(6)4(8)9/h3H,1-2H3,(H,8,9)/t3-/m0/s1. The maximum absolute atomic E-state index is 12.6. The largest absolute Gasteiger partial charge is 0.480 e. The van der Waals surface area contributed by atoms with Crippen LogP contribution in [-0.2, 0) is 4.79 Å². The molecule has 0 aliphatic rings. The molecule has 0 aliphatic carbocycles. The van der Waals surface area contributed by atoms with Gasteiger partial charge in [-0.05, 0) is 13.8 Å². The van der Waals surface area contributed by atoms with Crippen molar-refractivity contribution < 1.29 is 14.3 Å². The SMILES string of the molecule is CC(C)(F)[C@@H](Br)C(=O)O. The van der Waals surface area contributed by atoms with Gasteiger partial charge < -0.3 is 5.11 Å². The molecule has 0 radical (unpaired) electrons. The van der Waals surface area contributed by atoms with Gasteiger partial charge >= 0.3 is 5.97 Å². The Morgan fingerprint density at radius 1 is 1.78 bits per heavy atom. The van der Waals surface area contributed by atoms with Gasteiger partial charge in [0.15, 0.2) is 0 Å². The molecule has 0 amide bonds. The van der Waals surface area contributed by atoms with Crippen LogP contribution in [0.4, 0.5) is 4.39 Å². The summed E-state index contributed by atoms with van der Waals surface area (Å²) in [7, 11) is 0. The van der Waals surface area contributed by atoms with Crippen LogP contribution in [0.2, 0.25) is 0 Å². The molecule has 0 bridgehead atoms. The Labute approximate surface area is 61.2 Å². The number of hydrogen-bond donors (Lipinski definition) is 1. The van der Waals surface area contributed by atoms with Crippen LogP contribution in [0.3, 0.4) is 0 Å². The summed E-state index contributed by atoms with van der Waals surface area (Å²) >= 11 is 2.69. The average molecular weight is 199 g/mol. The zero-order valence-corrected chi connectivity index (χ0v) is 6.77. The van der Waals surface area contributed by atoms with Crippen molar-refractivity contribution in [3.05, 3.63) is 0 Å². The third-order valence-electron chi connectivity index (χ3n) is 0.820. The number of halogens is 2. The Hall–Kier alpha value is -0.120. The second kappa shape index (κ2) is 2.64. The molecule has 1 N–H and O–H groups in total. The molecule has 0 unspecified atom stereocenters. The number of carboxylic acid groups (broad SMARTS) is 1. The van der Waals surface area contributed by atoms with Crippen molar-refractivity contribution in [3.8, 4) is 0 Å². The molecule has 2 nitrogen and oxygen atoms in total. The van der Waals surface area contributed by atoms with Crippen molar-refractivity contribution in [2.45, 2.75) is 24.3 Å². The molecular weight excluding hydrogens is 191 g/mol. The fourth-order valence-corrected chi connectivity index (χ4v) is 0.294. The summed E-state index contributed by atoms with van der Waals surface area (Å²) in [5.74, 6) is -1.18. The Morgan fingerprint density at radius 3 is 2.11 bits per heavy atom. The van der Waals surface area contributed by atoms with Gasteiger partial charge in [-0.15, -0.1) is 0 Å². The molecule has 0 saturated carbocycles. The normalized spacial score (nSPS) is 15.1. The lowest BCUT2D eigenvalue weighted by molar-refractivity contribution is -0.138. The van der Waals surface area contributed by atoms with Crippen LogP contribution < -0.4 is 0 Å². The van der Waals surface area contributed by atoms with Gasteiger partial charge in [0.05, 0.1) is 0 Å². The van der Waals surface area contributed by atoms with Gasteiger partial charge in [-0.3, -0.25) is 4.79 Å². The minimum absolute atomic E-state index is 1.12. The van der Waals surface area contributed by atoms with E-state index in [9.17, 15) is 9.18 Å². The zero-order valence-electron chi connectivity index (χ0n) is 5.19. The molecule has 0 saturated heterocycles. The predicted molar refractivity (Wildman–Crippen MR) is 35.5 cm³/mol. The van der Waals surface area contributed by atoms with Gasteiger partial charge in [0.1, 0.15) is 10.5 Å². The van der Waals surface area contributed by atoms with Gasteiger partial charge in [-0.2, -0.15) is 0 Å². The molecule has 0 aromatic carbocycles. The monoisotopic (exact) mass is 198 g/mol. The first kappa shape index (κ1) is 8.88. The van der Waals surface area contributed by atoms with Crippen molar-refractivity contribution in [1.29, 1.82) is 0 Å². The van der Waals surface area contributed by atoms with Crippen LogP contribution >= 0.6 is 15.9 Å². The molecule has 9 heavy (non-hydrogen) atoms. The van der Waals surface area contributed by atoms with Crippen molar-refractivity contribution in [3.63, 3.8) is 0 Å². The molecule has 0 spiro atoms. The van der Waals surface area contributed by atoms with Crippen LogP contribution in [-0.4, -0.2) is 21.6 Å². The summed E-state index contributed by atoms with van der Waals surface area (Å²) in [6.07, 6.45) is 0. The van der Waals surface area contributed by atoms with Gasteiger partial charge in [-0.1, -0.05) is 15.9 Å². The van der Waals surface area contributed by atoms with E-state index in [0.29, 0.717) is 0 Å². The first-order chi connectivity index (χ1) is 3.85. The first-order valence-electron chi connectivity index (χ1n) is 2.41. The Bertz CT molecular complexity index is 119. The fraction of sp³-hybridized carbons (Fsp3) is 0.800. The third-order valence-corrected chi connectivity index (χ3v) is 2.30. The highest BCUT2D eigenvalue weighted by Gasteiger charge is 2.32. The van der Waals surface area contributed by atoms with Crippen molar-refractivity contribution >= 4 is 21.9 Å². The van der Waals surface area contributed by atoms with Gasteiger partial charge in [0.2, 0.25) is 0 Å². The van der Waals surface area contributed by atoms with E-state index < -0.39 is 16.5 Å². The van der Waals surface area contributed by atoms with Crippen molar-refractivity contribution in [1.82, 2.24) is 0 Å². The second-order valence-electron chi connectivity index (χ2n) is 2.27. The highest BCUT2D eigenvalue weighted by Crippen LogP contribution is 2.21. The lowest BCUT2D eigenvalue weighted by Gasteiger charge is -2.16. The van der Waals surface area contributed by atoms with Gasteiger partial charge in [0, 0.05) is 0 Å². The molecule has 1 atom stereocenters. The maximum atomic E-state index is 12.6. The number of alkyl halides is 2. The highest BCUT2D eigenvalue weighted by atomic mass is 79.9. The number of carbonyl (C=O) groups is 1. The molecule has 0 rings (SSSR count). The highest BCUT2D eigenvalue weighted by molar-refractivity contribution is 9.10. The molecule has 54 valence electrons. The van der Waals surface area contributed by atoms with E-state index >= 15 is 0 Å². The minimum Gasteiger partial charge on any atom is -0.480 e. The van der Waals surface area contributed by atoms with Gasteiger partial charge in [-0.25, -0.2) is 4.39 Å². The topological polar surface area (TPSA) is 37.3 Å². The molecule has 0 aromatic rings. The van der Waals surface area contributed by atoms with E-state index in [1.54, 1.807) is 0 Å². The molecule has 0 aromatic heterocycles. The smallest absolute Gasteiger partial charge is 0.320 e. The summed E-state index contributed by atoms with van der Waals surface area (Å²) in [5, 5.41) is 8.23. The summed E-state index contributed by atoms with van der Waals surface area (Å²) in [5.41, 5.74) is -1.70. The minimum atomic E-state index is -1.70. The molecule has 0 heterocycles. The second-order valence-corrected chi connectivity index (χ2v) is 3.18. The predicted octanol–water partition coefficient (Wildman–Crippen LogP) is 1.58. The first-order valence-corrected chi connectivity index (χ1v) is 3.33. The zero-order chi connectivity index (χ0) is 7.65. The number of carboxylic acids is 1. The summed E-state index contributed by atoms with van der Waals surface area (Å²) in [4.78, 5) is 8.94. The summed E-state index contributed by atoms with van der Waals surface area (Å²) in [6, 6.07) is 0. The van der Waals surface area contributed by atoms with E-state index in [-0.39, 0.29) is 0 Å². The van der Waals surface area contributed by atoms with E-state index in [2.05, 4.69) is 15.9 Å². The molecule has 4 heteroatoms. The summed E-state index contributed by atoms with van der Waals surface area (Å²) in [6.45, 7) is 2.42. The third kappa shape index (κ3) is 2.79. The Kier molecular flexibility index (Phi) is 2.61. The quantitative estimate of drug-likeness (QED) is 0.685. The van der Waals surface area contributed by atoms with E-state index in [0.717, 1.165) is 0 Å². The molecular formula is C5H8BrFO2. The van der Waals surface area contributed by atoms with Gasteiger partial charge in [0.25, 0.3) is 0 Å². The maximum Gasteiger partial charge on any atom is 0.320 e. The lowest BCUT2D eigenvalue weighted by Crippen LogP contribution is -2.33. The van der Waals surface area contributed by atoms with E-state index in [1.165, 1.54) is 13.8 Å². The number of aliphatic carboxylic acids is 1. The van der Waals surface area contributed by atoms with Crippen LogP contribution in [0.5, 0.6) is 0 Å². The Balaban J connectivity index is 4.04. The van der Waals surface area contributed by atoms with Crippen LogP contribution in [0.15, 0.2) is 0 Å².